The van der Waals surface area contributed by atoms with Crippen molar-refractivity contribution >= 4 is 35.3 Å². The third-order valence-corrected chi connectivity index (χ3v) is 19.2. The highest BCUT2D eigenvalue weighted by atomic mass is 28.4. The first-order valence-corrected chi connectivity index (χ1v) is 25.3. The van der Waals surface area contributed by atoms with Crippen LogP contribution in [0.5, 0.6) is 0 Å². The van der Waals surface area contributed by atoms with Gasteiger partial charge < -0.3 is 13.3 Å². The lowest BCUT2D eigenvalue weighted by molar-refractivity contribution is 0.123. The van der Waals surface area contributed by atoms with Crippen LogP contribution in [0.3, 0.4) is 0 Å². The maximum Gasteiger partial charge on any atom is 0.500 e. The van der Waals surface area contributed by atoms with E-state index < -0.39 is 25.0 Å². The molecule has 1 aromatic rings. The Kier molecular flexibility index (Phi) is 20.2. The van der Waals surface area contributed by atoms with Gasteiger partial charge >= 0.3 is 8.80 Å². The van der Waals surface area contributed by atoms with Gasteiger partial charge in [-0.25, -0.2) is 0 Å². The van der Waals surface area contributed by atoms with Crippen molar-refractivity contribution in [3.63, 3.8) is 0 Å². The third-order valence-electron chi connectivity index (χ3n) is 9.32. The Labute approximate surface area is 254 Å². The number of unbranched alkanes of at least 4 members (excludes halogenated alkanes) is 15. The summed E-state index contributed by atoms with van der Waals surface area (Å²) >= 11 is 0. The number of rotatable bonds is 26. The first kappa shape index (κ1) is 37.8. The predicted octanol–water partition coefficient (Wildman–Crippen LogP) is 10.0. The Balaban J connectivity index is 2.22. The fraction of sp³-hybridized carbons (Fsp3) is 0.824. The van der Waals surface area contributed by atoms with Gasteiger partial charge in [0, 0.05) is 27.4 Å². The summed E-state index contributed by atoms with van der Waals surface area (Å²) in [6, 6.07) is 13.4. The fourth-order valence-electron chi connectivity index (χ4n) is 6.08. The predicted molar refractivity (Wildman–Crippen MR) is 186 cm³/mol. The molecule has 1 rings (SSSR count). The molecule has 0 fully saturated rings. The summed E-state index contributed by atoms with van der Waals surface area (Å²) in [5, 5.41) is 3.20. The monoisotopic (exact) mass is 608 g/mol. The summed E-state index contributed by atoms with van der Waals surface area (Å²) in [5.74, 6) is 0. The molecule has 0 heterocycles. The maximum atomic E-state index is 5.62. The minimum Gasteiger partial charge on any atom is -0.377 e. The summed E-state index contributed by atoms with van der Waals surface area (Å²) in [5.41, 5.74) is 0. The van der Waals surface area contributed by atoms with Gasteiger partial charge in [-0.1, -0.05) is 189 Å². The molecule has 6 heteroatoms. The number of benzene rings is 1. The van der Waals surface area contributed by atoms with E-state index in [-0.39, 0.29) is 0 Å². The molecule has 1 aromatic carbocycles. The Morgan fingerprint density at radius 3 is 1.05 bits per heavy atom. The standard InChI is InChI=1S/C34H68O3Si3/c1-9-10-11-12-13-14-15-16-17-18-19-20-21-22-23-24-30-38(5,6)33-26-28-34(29-27-33)39(7,8)31-25-32-40(35-2,36-3)37-4/h26-29H,9-25,30-32H2,1-8H3. The van der Waals surface area contributed by atoms with Crippen LogP contribution in [0.1, 0.15) is 116 Å². The van der Waals surface area contributed by atoms with Crippen molar-refractivity contribution in [3.05, 3.63) is 24.3 Å². The molecule has 0 aromatic heterocycles. The van der Waals surface area contributed by atoms with Crippen LogP contribution in [-0.4, -0.2) is 46.3 Å². The molecule has 0 N–H and O–H groups in total. The lowest BCUT2D eigenvalue weighted by Crippen LogP contribution is -2.46. The molecule has 0 aliphatic carbocycles. The van der Waals surface area contributed by atoms with Crippen LogP contribution < -0.4 is 10.4 Å². The number of hydrogen-bond acceptors (Lipinski definition) is 3. The van der Waals surface area contributed by atoms with Gasteiger partial charge in [0.15, 0.2) is 0 Å². The van der Waals surface area contributed by atoms with Crippen LogP contribution in [0.15, 0.2) is 24.3 Å². The van der Waals surface area contributed by atoms with E-state index in [0.717, 1.165) is 12.5 Å². The molecule has 234 valence electrons. The molecular formula is C34H68O3Si3. The minimum atomic E-state index is -2.46. The Bertz CT molecular complexity index is 724. The van der Waals surface area contributed by atoms with Crippen molar-refractivity contribution in [2.24, 2.45) is 0 Å². The van der Waals surface area contributed by atoms with Gasteiger partial charge in [-0.3, -0.25) is 0 Å². The van der Waals surface area contributed by atoms with Crippen LogP contribution in [0.2, 0.25) is 44.3 Å². The molecule has 0 amide bonds. The molecule has 0 aliphatic rings. The molecule has 0 spiro atoms. The molecule has 0 bridgehead atoms. The van der Waals surface area contributed by atoms with Crippen molar-refractivity contribution in [1.82, 2.24) is 0 Å². The molecule has 0 saturated carbocycles. The Hall–Kier alpha value is -0.249. The topological polar surface area (TPSA) is 27.7 Å². The smallest absolute Gasteiger partial charge is 0.377 e. The largest absolute Gasteiger partial charge is 0.500 e. The molecule has 40 heavy (non-hydrogen) atoms. The van der Waals surface area contributed by atoms with Gasteiger partial charge in [-0.2, -0.15) is 0 Å². The Morgan fingerprint density at radius 2 is 0.725 bits per heavy atom. The molecule has 0 saturated heterocycles. The van der Waals surface area contributed by atoms with E-state index in [9.17, 15) is 0 Å². The van der Waals surface area contributed by atoms with E-state index in [0.29, 0.717) is 0 Å². The van der Waals surface area contributed by atoms with E-state index in [1.54, 1.807) is 31.7 Å². The molecule has 0 radical (unpaired) electrons. The van der Waals surface area contributed by atoms with Crippen LogP contribution >= 0.6 is 0 Å². The van der Waals surface area contributed by atoms with Gasteiger partial charge in [0.25, 0.3) is 0 Å². The molecule has 3 nitrogen and oxygen atoms in total. The van der Waals surface area contributed by atoms with Gasteiger partial charge in [0.1, 0.15) is 0 Å². The van der Waals surface area contributed by atoms with Crippen molar-refractivity contribution in [2.75, 3.05) is 21.3 Å². The van der Waals surface area contributed by atoms with E-state index >= 15 is 0 Å². The summed E-state index contributed by atoms with van der Waals surface area (Å²) in [7, 11) is -0.175. The highest BCUT2D eigenvalue weighted by molar-refractivity contribution is 6.91. The SMILES string of the molecule is CCCCCCCCCCCCCCCCCC[Si](C)(C)c1ccc([Si](C)(C)CCC[Si](OC)(OC)OC)cc1. The highest BCUT2D eigenvalue weighted by Crippen LogP contribution is 2.22. The van der Waals surface area contributed by atoms with Crippen LogP contribution in [0.25, 0.3) is 0 Å². The van der Waals surface area contributed by atoms with Gasteiger partial charge in [0.2, 0.25) is 0 Å². The summed E-state index contributed by atoms with van der Waals surface area (Å²) < 4.78 is 16.9. The first-order valence-electron chi connectivity index (χ1n) is 16.9. The zero-order valence-corrected chi connectivity index (χ0v) is 31.2. The van der Waals surface area contributed by atoms with Crippen molar-refractivity contribution in [1.29, 1.82) is 0 Å². The summed E-state index contributed by atoms with van der Waals surface area (Å²) in [6.07, 6.45) is 24.2. The molecule has 0 unspecified atom stereocenters. The zero-order chi connectivity index (χ0) is 29.7. The van der Waals surface area contributed by atoms with E-state index in [2.05, 4.69) is 57.4 Å². The van der Waals surface area contributed by atoms with E-state index in [1.165, 1.54) is 115 Å². The van der Waals surface area contributed by atoms with Crippen molar-refractivity contribution in [2.45, 2.75) is 160 Å². The first-order chi connectivity index (χ1) is 19.2. The number of hydrogen-bond donors (Lipinski definition) is 0. The van der Waals surface area contributed by atoms with E-state index in [4.69, 9.17) is 13.3 Å². The normalized spacial score (nSPS) is 12.8. The zero-order valence-electron chi connectivity index (χ0n) is 28.2. The van der Waals surface area contributed by atoms with Crippen molar-refractivity contribution < 1.29 is 13.3 Å². The lowest BCUT2D eigenvalue weighted by atomic mass is 10.0. The highest BCUT2D eigenvalue weighted by Gasteiger charge is 2.38. The summed E-state index contributed by atoms with van der Waals surface area (Å²) in [6.45, 7) is 12.4. The van der Waals surface area contributed by atoms with Gasteiger partial charge in [0.05, 0.1) is 16.1 Å². The van der Waals surface area contributed by atoms with Crippen molar-refractivity contribution in [3.8, 4) is 0 Å². The molecule has 0 aliphatic heterocycles. The second kappa shape index (κ2) is 21.4. The van der Waals surface area contributed by atoms with Gasteiger partial charge in [-0.05, 0) is 0 Å². The third kappa shape index (κ3) is 15.3. The molecular weight excluding hydrogens is 541 g/mol. The molecule has 0 atom stereocenters. The fourth-order valence-corrected chi connectivity index (χ4v) is 13.1. The van der Waals surface area contributed by atoms with E-state index in [1.807, 2.05) is 0 Å². The average Bonchev–Trinajstić information content (AvgIpc) is 2.95. The average molecular weight is 609 g/mol. The maximum absolute atomic E-state index is 5.62. The lowest BCUT2D eigenvalue weighted by Gasteiger charge is -2.28. The quantitative estimate of drug-likeness (QED) is 0.0773. The van der Waals surface area contributed by atoms with Gasteiger partial charge in [-0.15, -0.1) is 0 Å². The second-order valence-electron chi connectivity index (χ2n) is 13.5. The van der Waals surface area contributed by atoms with Crippen LogP contribution in [0, 0.1) is 0 Å². The second-order valence-corrected chi connectivity index (χ2v) is 26.3. The van der Waals surface area contributed by atoms with Crippen LogP contribution in [-0.2, 0) is 13.3 Å². The summed E-state index contributed by atoms with van der Waals surface area (Å²) in [4.78, 5) is 0. The minimum absolute atomic E-state index is 0.893. The van der Waals surface area contributed by atoms with Crippen LogP contribution in [0.4, 0.5) is 0 Å². The Morgan fingerprint density at radius 1 is 0.425 bits per heavy atom.